The van der Waals surface area contributed by atoms with Crippen molar-refractivity contribution in [1.29, 1.82) is 0 Å². The molecule has 0 spiro atoms. The van der Waals surface area contributed by atoms with Crippen LogP contribution in [0.3, 0.4) is 0 Å². The third-order valence-electron chi connectivity index (χ3n) is 6.60. The van der Waals surface area contributed by atoms with Gasteiger partial charge in [-0.15, -0.1) is 0 Å². The molecule has 2 aliphatic heterocycles. The largest absolute Gasteiger partial charge is 0.330 e. The van der Waals surface area contributed by atoms with Crippen molar-refractivity contribution in [2.75, 3.05) is 26.7 Å². The maximum Gasteiger partial charge on any atom is 0.312 e. The second-order valence-corrected chi connectivity index (χ2v) is 8.38. The summed E-state index contributed by atoms with van der Waals surface area (Å²) in [5.41, 5.74) is 6.45. The first kappa shape index (κ1) is 17.3. The molecule has 1 unspecified atom stereocenters. The van der Waals surface area contributed by atoms with Crippen molar-refractivity contribution in [2.24, 2.45) is 11.8 Å². The molecule has 2 amide bonds. The summed E-state index contributed by atoms with van der Waals surface area (Å²) in [5, 5.41) is 1.93. The number of amides is 2. The number of carbonyl (C=O) groups excluding carboxylic acids is 2. The highest BCUT2D eigenvalue weighted by atomic mass is 16.2. The molecule has 6 heteroatoms. The van der Waals surface area contributed by atoms with Crippen LogP contribution in [0.2, 0.25) is 0 Å². The van der Waals surface area contributed by atoms with Gasteiger partial charge in [0.25, 0.3) is 0 Å². The van der Waals surface area contributed by atoms with E-state index in [1.54, 1.807) is 4.90 Å². The van der Waals surface area contributed by atoms with Gasteiger partial charge >= 0.3 is 11.8 Å². The molecule has 3 atom stereocenters. The zero-order chi connectivity index (χ0) is 19.3. The van der Waals surface area contributed by atoms with E-state index in [4.69, 9.17) is 0 Å². The van der Waals surface area contributed by atoms with Gasteiger partial charge in [-0.1, -0.05) is 30.3 Å². The van der Waals surface area contributed by atoms with Gasteiger partial charge in [0.05, 0.1) is 17.9 Å². The summed E-state index contributed by atoms with van der Waals surface area (Å²) in [7, 11) is 1.94. The van der Waals surface area contributed by atoms with E-state index >= 15 is 0 Å². The molecule has 1 aromatic rings. The summed E-state index contributed by atoms with van der Waals surface area (Å²) in [6.07, 6.45) is 7.55. The minimum atomic E-state index is -0.362. The Labute approximate surface area is 165 Å². The third kappa shape index (κ3) is 3.07. The molecule has 3 fully saturated rings. The van der Waals surface area contributed by atoms with Crippen molar-refractivity contribution in [3.8, 4) is 0 Å². The zero-order valence-corrected chi connectivity index (χ0v) is 16.2. The van der Waals surface area contributed by atoms with Crippen LogP contribution >= 0.6 is 0 Å². The second-order valence-electron chi connectivity index (χ2n) is 8.38. The smallest absolute Gasteiger partial charge is 0.312 e. The van der Waals surface area contributed by atoms with Crippen LogP contribution in [0.5, 0.6) is 0 Å². The molecule has 1 aromatic carbocycles. The Kier molecular flexibility index (Phi) is 4.14. The van der Waals surface area contributed by atoms with Gasteiger partial charge in [0.15, 0.2) is 0 Å². The summed E-state index contributed by atoms with van der Waals surface area (Å²) < 4.78 is 0. The number of allylic oxidation sites excluding steroid dienone is 2. The topological polar surface area (TPSA) is 55.9 Å². The van der Waals surface area contributed by atoms with Crippen LogP contribution in [-0.4, -0.2) is 59.3 Å². The molecule has 5 rings (SSSR count). The van der Waals surface area contributed by atoms with Crippen molar-refractivity contribution < 1.29 is 9.59 Å². The summed E-state index contributed by atoms with van der Waals surface area (Å²) in [6, 6.07) is 10.4. The number of likely N-dealkylation sites (N-methyl/N-ethyl adjacent to an activating group) is 1. The molecule has 28 heavy (non-hydrogen) atoms. The van der Waals surface area contributed by atoms with Gasteiger partial charge < -0.3 is 9.80 Å². The van der Waals surface area contributed by atoms with Crippen molar-refractivity contribution in [2.45, 2.75) is 25.3 Å². The normalized spacial score (nSPS) is 29.3. The van der Waals surface area contributed by atoms with Gasteiger partial charge in [0, 0.05) is 26.2 Å². The summed E-state index contributed by atoms with van der Waals surface area (Å²) in [4.78, 5) is 28.9. The van der Waals surface area contributed by atoms with Gasteiger partial charge in [-0.05, 0) is 48.8 Å². The third-order valence-corrected chi connectivity index (χ3v) is 6.60. The fourth-order valence-electron chi connectivity index (χ4n) is 4.84. The van der Waals surface area contributed by atoms with E-state index in [1.807, 2.05) is 47.3 Å². The molecule has 2 heterocycles. The van der Waals surface area contributed by atoms with Crippen molar-refractivity contribution in [3.05, 3.63) is 53.7 Å². The van der Waals surface area contributed by atoms with Gasteiger partial charge in [0.1, 0.15) is 0 Å². The monoisotopic (exact) mass is 378 g/mol. The first-order valence-corrected chi connectivity index (χ1v) is 10.2. The second kappa shape index (κ2) is 6.69. The Morgan fingerprint density at radius 3 is 2.43 bits per heavy atom. The molecule has 1 saturated heterocycles. The first-order chi connectivity index (χ1) is 13.6. The molecule has 146 valence electrons. The van der Waals surface area contributed by atoms with E-state index in [0.717, 1.165) is 41.6 Å². The number of nitrogens with one attached hydrogen (secondary N) is 1. The molecule has 0 bridgehead atoms. The summed E-state index contributed by atoms with van der Waals surface area (Å²) >= 11 is 0. The van der Waals surface area contributed by atoms with Crippen LogP contribution in [0.4, 0.5) is 0 Å². The fourth-order valence-corrected chi connectivity index (χ4v) is 4.84. The number of hydrazine groups is 1. The maximum atomic E-state index is 12.7. The molecular weight excluding hydrogens is 352 g/mol. The SMILES string of the molecule is CN1NC(c2ccccc2)=CC=C1CN1CCN(C2C[C@@H]3C[C@@H]3C2)C(=O)C1=O. The predicted octanol–water partition coefficient (Wildman–Crippen LogP) is 1.83. The van der Waals surface area contributed by atoms with Crippen molar-refractivity contribution >= 4 is 17.5 Å². The average Bonchev–Trinajstić information content (AvgIpc) is 3.33. The molecule has 0 aromatic heterocycles. The number of piperazine rings is 1. The lowest BCUT2D eigenvalue weighted by atomic mass is 10.1. The van der Waals surface area contributed by atoms with Crippen LogP contribution in [0.1, 0.15) is 24.8 Å². The van der Waals surface area contributed by atoms with E-state index in [1.165, 1.54) is 6.42 Å². The Morgan fingerprint density at radius 2 is 1.71 bits per heavy atom. The van der Waals surface area contributed by atoms with E-state index in [-0.39, 0.29) is 17.9 Å². The number of rotatable bonds is 4. The lowest BCUT2D eigenvalue weighted by molar-refractivity contribution is -0.157. The number of hydrogen-bond acceptors (Lipinski definition) is 4. The number of benzene rings is 1. The number of carbonyl (C=O) groups is 2. The summed E-state index contributed by atoms with van der Waals surface area (Å²) in [6.45, 7) is 1.71. The Balaban J connectivity index is 1.25. The maximum absolute atomic E-state index is 12.7. The highest BCUT2D eigenvalue weighted by Crippen LogP contribution is 2.53. The Bertz CT molecular complexity index is 853. The molecule has 6 nitrogen and oxygen atoms in total. The highest BCUT2D eigenvalue weighted by molar-refractivity contribution is 6.35. The lowest BCUT2D eigenvalue weighted by Crippen LogP contribution is -2.58. The van der Waals surface area contributed by atoms with Crippen LogP contribution in [-0.2, 0) is 9.59 Å². The Hall–Kier alpha value is -2.76. The number of nitrogens with zero attached hydrogens (tertiary/aromatic N) is 3. The quantitative estimate of drug-likeness (QED) is 0.813. The average molecular weight is 378 g/mol. The van der Waals surface area contributed by atoms with E-state index in [0.29, 0.717) is 19.6 Å². The number of fused-ring (bicyclic) bond motifs is 1. The standard InChI is InChI=1S/C22H26N4O2/c1-24-18(7-8-20(23-24)15-5-3-2-4-6-15)14-25-9-10-26(22(28)21(25)27)19-12-16-11-17(16)13-19/h2-8,16-17,19,23H,9-14H2,1H3/t16-,17+,19?. The van der Waals surface area contributed by atoms with Gasteiger partial charge in [-0.2, -0.15) is 0 Å². The van der Waals surface area contributed by atoms with Crippen LogP contribution in [0.15, 0.2) is 48.2 Å². The van der Waals surface area contributed by atoms with Gasteiger partial charge in [0.2, 0.25) is 0 Å². The molecular formula is C22H26N4O2. The highest BCUT2D eigenvalue weighted by Gasteiger charge is 2.50. The van der Waals surface area contributed by atoms with Gasteiger partial charge in [-0.25, -0.2) is 0 Å². The van der Waals surface area contributed by atoms with E-state index in [9.17, 15) is 9.59 Å². The molecule has 0 radical (unpaired) electrons. The molecule has 2 saturated carbocycles. The molecule has 2 aliphatic carbocycles. The predicted molar refractivity (Wildman–Crippen MR) is 106 cm³/mol. The minimum absolute atomic E-state index is 0.289. The molecule has 1 N–H and O–H groups in total. The fraction of sp³-hybridized carbons (Fsp3) is 0.455. The molecule has 4 aliphatic rings. The zero-order valence-electron chi connectivity index (χ0n) is 16.2. The van der Waals surface area contributed by atoms with Crippen molar-refractivity contribution in [3.63, 3.8) is 0 Å². The summed E-state index contributed by atoms with van der Waals surface area (Å²) in [5.74, 6) is 0.941. The van der Waals surface area contributed by atoms with Crippen LogP contribution in [0, 0.1) is 11.8 Å². The van der Waals surface area contributed by atoms with E-state index in [2.05, 4.69) is 17.6 Å². The Morgan fingerprint density at radius 1 is 0.964 bits per heavy atom. The first-order valence-electron chi connectivity index (χ1n) is 10.2. The lowest BCUT2D eigenvalue weighted by Gasteiger charge is -2.39. The van der Waals surface area contributed by atoms with Gasteiger partial charge in [-0.3, -0.25) is 20.0 Å². The van der Waals surface area contributed by atoms with Crippen LogP contribution in [0.25, 0.3) is 5.70 Å². The van der Waals surface area contributed by atoms with E-state index < -0.39 is 0 Å². The number of hydrogen-bond donors (Lipinski definition) is 1. The van der Waals surface area contributed by atoms with Crippen molar-refractivity contribution in [1.82, 2.24) is 20.2 Å². The van der Waals surface area contributed by atoms with Crippen LogP contribution < -0.4 is 5.43 Å². The minimum Gasteiger partial charge on any atom is -0.330 e.